The first kappa shape index (κ1) is 14.0. The van der Waals surface area contributed by atoms with Crippen LogP contribution in [0.1, 0.15) is 12.5 Å². The molecule has 0 saturated carbocycles. The topological polar surface area (TPSA) is 75.4 Å². The molecule has 0 bridgehead atoms. The highest BCUT2D eigenvalue weighted by molar-refractivity contribution is 7.90. The van der Waals surface area contributed by atoms with Crippen LogP contribution < -0.4 is 14.8 Å². The molecule has 5 nitrogen and oxygen atoms in total. The smallest absolute Gasteiger partial charge is 0.301 e. The van der Waals surface area contributed by atoms with Gasteiger partial charge in [-0.2, -0.15) is 13.1 Å². The minimum absolute atomic E-state index is 0.241. The maximum Gasteiger partial charge on any atom is 0.301 e. The van der Waals surface area contributed by atoms with Crippen LogP contribution in [0.3, 0.4) is 0 Å². The lowest BCUT2D eigenvalue weighted by atomic mass is 10.2. The molecule has 96 valence electrons. The fourth-order valence-corrected chi connectivity index (χ4v) is 2.80. The van der Waals surface area contributed by atoms with Gasteiger partial charge in [0.1, 0.15) is 0 Å². The molecule has 17 heavy (non-hydrogen) atoms. The maximum absolute atomic E-state index is 12.0. The van der Waals surface area contributed by atoms with E-state index in [-0.39, 0.29) is 13.1 Å². The van der Waals surface area contributed by atoms with E-state index in [0.29, 0.717) is 12.2 Å². The summed E-state index contributed by atoms with van der Waals surface area (Å²) in [7, 11) is -3.50. The van der Waals surface area contributed by atoms with E-state index in [4.69, 9.17) is 5.73 Å². The number of anilines is 1. The van der Waals surface area contributed by atoms with Gasteiger partial charge in [0, 0.05) is 19.6 Å². The first-order chi connectivity index (χ1) is 8.01. The van der Waals surface area contributed by atoms with Crippen molar-refractivity contribution in [3.8, 4) is 0 Å². The molecule has 6 heteroatoms. The highest BCUT2D eigenvalue weighted by Crippen LogP contribution is 2.18. The van der Waals surface area contributed by atoms with Gasteiger partial charge in [0.15, 0.2) is 0 Å². The van der Waals surface area contributed by atoms with Crippen molar-refractivity contribution in [1.82, 2.24) is 4.72 Å². The number of nitrogens with one attached hydrogen (secondary N) is 1. The predicted octanol–water partition coefficient (Wildman–Crippen LogP) is 0.614. The molecule has 0 spiro atoms. The SMILES string of the molecule is CCN(c1cccc(C)c1)S(=O)(=O)NCCN. The lowest BCUT2D eigenvalue weighted by molar-refractivity contribution is 0.578. The van der Waals surface area contributed by atoms with E-state index in [2.05, 4.69) is 4.72 Å². The van der Waals surface area contributed by atoms with Crippen molar-refractivity contribution in [3.63, 3.8) is 0 Å². The fraction of sp³-hybridized carbons (Fsp3) is 0.455. The maximum atomic E-state index is 12.0. The lowest BCUT2D eigenvalue weighted by Crippen LogP contribution is -2.42. The highest BCUT2D eigenvalue weighted by atomic mass is 32.2. The summed E-state index contributed by atoms with van der Waals surface area (Å²) in [5.74, 6) is 0. The van der Waals surface area contributed by atoms with Crippen molar-refractivity contribution in [3.05, 3.63) is 29.8 Å². The standard InChI is InChI=1S/C11H19N3O2S/c1-3-14(17(15,16)13-8-7-12)11-6-4-5-10(2)9-11/h4-6,9,13H,3,7-8,12H2,1-2H3. The van der Waals surface area contributed by atoms with Crippen molar-refractivity contribution >= 4 is 15.9 Å². The van der Waals surface area contributed by atoms with Crippen LogP contribution in [0.5, 0.6) is 0 Å². The van der Waals surface area contributed by atoms with Crippen molar-refractivity contribution in [2.75, 3.05) is 23.9 Å². The van der Waals surface area contributed by atoms with Gasteiger partial charge in [0.25, 0.3) is 0 Å². The van der Waals surface area contributed by atoms with E-state index in [1.165, 1.54) is 4.31 Å². The van der Waals surface area contributed by atoms with Crippen molar-refractivity contribution in [2.24, 2.45) is 5.73 Å². The molecule has 0 amide bonds. The molecule has 0 fully saturated rings. The molecular weight excluding hydrogens is 238 g/mol. The van der Waals surface area contributed by atoms with Crippen LogP contribution >= 0.6 is 0 Å². The second-order valence-electron chi connectivity index (χ2n) is 3.69. The second-order valence-corrected chi connectivity index (χ2v) is 5.37. The Hall–Kier alpha value is -1.11. The molecule has 1 aromatic rings. The largest absolute Gasteiger partial charge is 0.329 e. The molecular formula is C11H19N3O2S. The summed E-state index contributed by atoms with van der Waals surface area (Å²) in [4.78, 5) is 0. The molecule has 0 aliphatic rings. The van der Waals surface area contributed by atoms with Gasteiger partial charge >= 0.3 is 10.2 Å². The number of hydrogen-bond donors (Lipinski definition) is 2. The zero-order valence-electron chi connectivity index (χ0n) is 10.2. The van der Waals surface area contributed by atoms with Crippen LogP contribution in [0, 0.1) is 6.92 Å². The average molecular weight is 257 g/mol. The first-order valence-corrected chi connectivity index (χ1v) is 6.99. The highest BCUT2D eigenvalue weighted by Gasteiger charge is 2.19. The number of hydrogen-bond acceptors (Lipinski definition) is 3. The summed E-state index contributed by atoms with van der Waals surface area (Å²) >= 11 is 0. The van der Waals surface area contributed by atoms with Gasteiger partial charge in [-0.05, 0) is 31.5 Å². The molecule has 0 atom stereocenters. The van der Waals surface area contributed by atoms with Crippen molar-refractivity contribution in [1.29, 1.82) is 0 Å². The van der Waals surface area contributed by atoms with Crippen LogP contribution in [0.4, 0.5) is 5.69 Å². The molecule has 1 rings (SSSR count). The minimum Gasteiger partial charge on any atom is -0.329 e. The number of nitrogens with two attached hydrogens (primary N) is 1. The molecule has 0 aliphatic heterocycles. The Bertz CT molecular complexity index is 460. The van der Waals surface area contributed by atoms with Crippen LogP contribution in [0.2, 0.25) is 0 Å². The van der Waals surface area contributed by atoms with Crippen LogP contribution in [-0.2, 0) is 10.2 Å². The van der Waals surface area contributed by atoms with Crippen molar-refractivity contribution in [2.45, 2.75) is 13.8 Å². The number of benzene rings is 1. The van der Waals surface area contributed by atoms with E-state index in [1.54, 1.807) is 13.0 Å². The normalized spacial score (nSPS) is 11.5. The van der Waals surface area contributed by atoms with Gasteiger partial charge in [-0.25, -0.2) is 0 Å². The average Bonchev–Trinajstić information content (AvgIpc) is 2.27. The Morgan fingerprint density at radius 3 is 2.65 bits per heavy atom. The molecule has 3 N–H and O–H groups in total. The third kappa shape index (κ3) is 3.69. The Kier molecular flexibility index (Phi) is 4.92. The second kappa shape index (κ2) is 6.00. The lowest BCUT2D eigenvalue weighted by Gasteiger charge is -2.23. The van der Waals surface area contributed by atoms with E-state index < -0.39 is 10.2 Å². The Morgan fingerprint density at radius 1 is 1.41 bits per heavy atom. The fourth-order valence-electron chi connectivity index (χ4n) is 1.54. The number of aryl methyl sites for hydroxylation is 1. The Labute approximate surface area is 103 Å². The zero-order chi connectivity index (χ0) is 12.9. The monoisotopic (exact) mass is 257 g/mol. The quantitative estimate of drug-likeness (QED) is 0.784. The molecule has 0 aliphatic carbocycles. The summed E-state index contributed by atoms with van der Waals surface area (Å²) in [6.45, 7) is 4.62. The summed E-state index contributed by atoms with van der Waals surface area (Å²) in [5.41, 5.74) is 6.98. The van der Waals surface area contributed by atoms with E-state index in [1.807, 2.05) is 25.1 Å². The van der Waals surface area contributed by atoms with Crippen LogP contribution in [0.15, 0.2) is 24.3 Å². The number of rotatable bonds is 6. The van der Waals surface area contributed by atoms with E-state index in [9.17, 15) is 8.42 Å². The van der Waals surface area contributed by atoms with Crippen LogP contribution in [-0.4, -0.2) is 28.1 Å². The minimum atomic E-state index is -3.50. The predicted molar refractivity (Wildman–Crippen MR) is 70.2 cm³/mol. The number of nitrogens with zero attached hydrogens (tertiary/aromatic N) is 1. The summed E-state index contributed by atoms with van der Waals surface area (Å²) in [5, 5.41) is 0. The van der Waals surface area contributed by atoms with E-state index >= 15 is 0 Å². The zero-order valence-corrected chi connectivity index (χ0v) is 11.0. The Balaban J connectivity index is 2.99. The third-order valence-corrected chi connectivity index (χ3v) is 3.91. The summed E-state index contributed by atoms with van der Waals surface area (Å²) in [6.07, 6.45) is 0. The molecule has 0 aromatic heterocycles. The van der Waals surface area contributed by atoms with E-state index in [0.717, 1.165) is 5.56 Å². The molecule has 0 unspecified atom stereocenters. The first-order valence-electron chi connectivity index (χ1n) is 5.55. The summed E-state index contributed by atoms with van der Waals surface area (Å²) < 4.78 is 27.8. The van der Waals surface area contributed by atoms with Crippen LogP contribution in [0.25, 0.3) is 0 Å². The molecule has 0 saturated heterocycles. The van der Waals surface area contributed by atoms with Gasteiger partial charge in [-0.15, -0.1) is 0 Å². The van der Waals surface area contributed by atoms with Gasteiger partial charge in [0.2, 0.25) is 0 Å². The summed E-state index contributed by atoms with van der Waals surface area (Å²) in [6, 6.07) is 7.38. The Morgan fingerprint density at radius 2 is 2.12 bits per heavy atom. The van der Waals surface area contributed by atoms with Gasteiger partial charge < -0.3 is 5.73 Å². The van der Waals surface area contributed by atoms with Gasteiger partial charge in [-0.1, -0.05) is 12.1 Å². The molecule has 1 aromatic carbocycles. The molecule has 0 radical (unpaired) electrons. The molecule has 0 heterocycles. The van der Waals surface area contributed by atoms with Gasteiger partial charge in [0.05, 0.1) is 5.69 Å². The van der Waals surface area contributed by atoms with Gasteiger partial charge in [-0.3, -0.25) is 4.31 Å². The van der Waals surface area contributed by atoms with Crippen molar-refractivity contribution < 1.29 is 8.42 Å². The third-order valence-electron chi connectivity index (χ3n) is 2.30.